The van der Waals surface area contributed by atoms with Crippen LogP contribution in [-0.2, 0) is 11.3 Å². The maximum absolute atomic E-state index is 12.3. The second-order valence-corrected chi connectivity index (χ2v) is 7.79. The molecule has 4 rings (SSSR count). The Morgan fingerprint density at radius 3 is 2.35 bits per heavy atom. The second-order valence-electron chi connectivity index (χ2n) is 7.36. The molecule has 1 amide bonds. The molecule has 2 aromatic rings. The van der Waals surface area contributed by atoms with Crippen LogP contribution >= 0.6 is 11.6 Å². The molecular formula is C21H23ClN2O2. The number of amides is 1. The molecule has 2 aromatic carbocycles. The topological polar surface area (TPSA) is 41.6 Å². The van der Waals surface area contributed by atoms with E-state index in [0.29, 0.717) is 22.4 Å². The van der Waals surface area contributed by atoms with E-state index in [9.17, 15) is 4.79 Å². The van der Waals surface area contributed by atoms with Crippen LogP contribution in [0, 0.1) is 11.8 Å². The molecule has 0 unspecified atom stereocenters. The highest BCUT2D eigenvalue weighted by Gasteiger charge is 2.30. The Morgan fingerprint density at radius 2 is 1.69 bits per heavy atom. The van der Waals surface area contributed by atoms with Gasteiger partial charge >= 0.3 is 0 Å². The van der Waals surface area contributed by atoms with Crippen molar-refractivity contribution >= 4 is 23.2 Å². The Hall–Kier alpha value is -1.88. The molecule has 2 bridgehead atoms. The lowest BCUT2D eigenvalue weighted by molar-refractivity contribution is -0.0425. The molecule has 0 radical (unpaired) electrons. The third-order valence-corrected chi connectivity index (χ3v) is 5.38. The number of hydrogen-bond acceptors (Lipinski definition) is 3. The van der Waals surface area contributed by atoms with Crippen molar-refractivity contribution in [2.75, 3.05) is 31.6 Å². The summed E-state index contributed by atoms with van der Waals surface area (Å²) in [5.74, 6) is 1.24. The molecule has 0 spiro atoms. The summed E-state index contributed by atoms with van der Waals surface area (Å²) in [4.78, 5) is 14.8. The summed E-state index contributed by atoms with van der Waals surface area (Å²) in [6, 6.07) is 15.0. The zero-order valence-electron chi connectivity index (χ0n) is 14.7. The van der Waals surface area contributed by atoms with E-state index in [2.05, 4.69) is 22.3 Å². The lowest BCUT2D eigenvalue weighted by Gasteiger charge is -2.41. The molecule has 2 saturated heterocycles. The first-order valence-corrected chi connectivity index (χ1v) is 9.49. The minimum absolute atomic E-state index is 0.127. The lowest BCUT2D eigenvalue weighted by Crippen LogP contribution is -2.46. The Kier molecular flexibility index (Phi) is 5.25. The molecule has 2 aliphatic heterocycles. The van der Waals surface area contributed by atoms with Crippen molar-refractivity contribution in [1.82, 2.24) is 4.90 Å². The molecule has 0 aliphatic carbocycles. The Labute approximate surface area is 159 Å². The van der Waals surface area contributed by atoms with Crippen LogP contribution in [0.15, 0.2) is 48.5 Å². The summed E-state index contributed by atoms with van der Waals surface area (Å²) in [5.41, 5.74) is 2.67. The number of anilines is 1. The summed E-state index contributed by atoms with van der Waals surface area (Å²) in [6.07, 6.45) is 1.31. The molecule has 1 N–H and O–H groups in total. The van der Waals surface area contributed by atoms with E-state index in [1.807, 2.05) is 12.1 Å². The Morgan fingerprint density at radius 1 is 1.04 bits per heavy atom. The average Bonchev–Trinajstić information content (AvgIpc) is 2.63. The number of halogens is 1. The van der Waals surface area contributed by atoms with Gasteiger partial charge in [0.05, 0.1) is 13.2 Å². The maximum Gasteiger partial charge on any atom is 0.255 e. The highest BCUT2D eigenvalue weighted by Crippen LogP contribution is 2.28. The fourth-order valence-corrected chi connectivity index (χ4v) is 4.08. The molecule has 0 aromatic heterocycles. The number of ether oxygens (including phenoxy) is 1. The van der Waals surface area contributed by atoms with Crippen molar-refractivity contribution in [1.29, 1.82) is 0 Å². The molecule has 5 heteroatoms. The van der Waals surface area contributed by atoms with Crippen molar-refractivity contribution < 1.29 is 9.53 Å². The number of hydrogen-bond donors (Lipinski definition) is 1. The van der Waals surface area contributed by atoms with E-state index in [4.69, 9.17) is 16.3 Å². The van der Waals surface area contributed by atoms with Crippen LogP contribution < -0.4 is 5.32 Å². The van der Waals surface area contributed by atoms with Gasteiger partial charge in [-0.2, -0.15) is 0 Å². The number of piperidine rings is 1. The molecule has 136 valence electrons. The van der Waals surface area contributed by atoms with Crippen LogP contribution in [0.25, 0.3) is 0 Å². The molecule has 2 aliphatic rings. The molecular weight excluding hydrogens is 348 g/mol. The maximum atomic E-state index is 12.3. The summed E-state index contributed by atoms with van der Waals surface area (Å²) in [7, 11) is 0. The number of fused-ring (bicyclic) bond motifs is 2. The van der Waals surface area contributed by atoms with Gasteiger partial charge in [-0.3, -0.25) is 9.69 Å². The third-order valence-electron chi connectivity index (χ3n) is 5.13. The van der Waals surface area contributed by atoms with Crippen LogP contribution in [-0.4, -0.2) is 37.1 Å². The van der Waals surface area contributed by atoms with Crippen molar-refractivity contribution in [2.24, 2.45) is 11.8 Å². The highest BCUT2D eigenvalue weighted by molar-refractivity contribution is 6.30. The zero-order valence-corrected chi connectivity index (χ0v) is 15.4. The van der Waals surface area contributed by atoms with Crippen molar-refractivity contribution in [3.63, 3.8) is 0 Å². The van der Waals surface area contributed by atoms with Crippen LogP contribution in [0.3, 0.4) is 0 Å². The van der Waals surface area contributed by atoms with Gasteiger partial charge in [-0.25, -0.2) is 0 Å². The number of nitrogens with one attached hydrogen (secondary N) is 1. The van der Waals surface area contributed by atoms with Gasteiger partial charge in [0.15, 0.2) is 0 Å². The first kappa shape index (κ1) is 17.5. The molecule has 2 heterocycles. The Balaban J connectivity index is 1.34. The third kappa shape index (κ3) is 4.26. The number of rotatable bonds is 4. The van der Waals surface area contributed by atoms with Crippen LogP contribution in [0.5, 0.6) is 0 Å². The smallest absolute Gasteiger partial charge is 0.255 e. The zero-order chi connectivity index (χ0) is 17.9. The predicted molar refractivity (Wildman–Crippen MR) is 104 cm³/mol. The highest BCUT2D eigenvalue weighted by atomic mass is 35.5. The first-order chi connectivity index (χ1) is 12.7. The Bertz CT molecular complexity index is 749. The minimum Gasteiger partial charge on any atom is -0.381 e. The number of benzene rings is 2. The molecule has 4 nitrogen and oxygen atoms in total. The monoisotopic (exact) mass is 370 g/mol. The predicted octanol–water partition coefficient (Wildman–Crippen LogP) is 4.06. The minimum atomic E-state index is -0.127. The summed E-state index contributed by atoms with van der Waals surface area (Å²) < 4.78 is 5.66. The van der Waals surface area contributed by atoms with E-state index in [1.165, 1.54) is 12.0 Å². The van der Waals surface area contributed by atoms with Gasteiger partial charge in [0.25, 0.3) is 5.91 Å². The molecule has 2 fully saturated rings. The van der Waals surface area contributed by atoms with Gasteiger partial charge in [0.1, 0.15) is 0 Å². The van der Waals surface area contributed by atoms with Gasteiger partial charge < -0.3 is 10.1 Å². The lowest BCUT2D eigenvalue weighted by atomic mass is 9.88. The first-order valence-electron chi connectivity index (χ1n) is 9.11. The standard InChI is InChI=1S/C21H23ClN2O2/c22-19-5-3-18(4-6-19)21(25)23-20-7-1-15(2-8-20)10-24-11-16-9-17(12-24)14-26-13-16/h1-8,16-17H,9-14H2,(H,23,25)/t16-,17-/m0/s1. The van der Waals surface area contributed by atoms with Gasteiger partial charge in [-0.05, 0) is 60.2 Å². The van der Waals surface area contributed by atoms with E-state index in [-0.39, 0.29) is 5.91 Å². The van der Waals surface area contributed by atoms with Gasteiger partial charge in [-0.1, -0.05) is 23.7 Å². The number of nitrogens with zero attached hydrogens (tertiary/aromatic N) is 1. The molecule has 0 saturated carbocycles. The molecule has 26 heavy (non-hydrogen) atoms. The number of likely N-dealkylation sites (tertiary alicyclic amines) is 1. The normalized spacial score (nSPS) is 22.8. The van der Waals surface area contributed by atoms with E-state index in [0.717, 1.165) is 38.5 Å². The van der Waals surface area contributed by atoms with E-state index >= 15 is 0 Å². The fraction of sp³-hybridized carbons (Fsp3) is 0.381. The van der Waals surface area contributed by atoms with Gasteiger partial charge in [0, 0.05) is 35.9 Å². The SMILES string of the molecule is O=C(Nc1ccc(CN2C[C@H]3COC[C@@H](C3)C2)cc1)c1ccc(Cl)cc1. The van der Waals surface area contributed by atoms with Crippen molar-refractivity contribution in [3.8, 4) is 0 Å². The van der Waals surface area contributed by atoms with Crippen LogP contribution in [0.4, 0.5) is 5.69 Å². The molecule has 2 atom stereocenters. The van der Waals surface area contributed by atoms with Gasteiger partial charge in [0.2, 0.25) is 0 Å². The summed E-state index contributed by atoms with van der Waals surface area (Å²) >= 11 is 5.86. The summed E-state index contributed by atoms with van der Waals surface area (Å²) in [5, 5.41) is 3.55. The largest absolute Gasteiger partial charge is 0.381 e. The van der Waals surface area contributed by atoms with Crippen LogP contribution in [0.2, 0.25) is 5.02 Å². The number of carbonyl (C=O) groups excluding carboxylic acids is 1. The quantitative estimate of drug-likeness (QED) is 0.882. The van der Waals surface area contributed by atoms with E-state index < -0.39 is 0 Å². The fourth-order valence-electron chi connectivity index (χ4n) is 3.95. The van der Waals surface area contributed by atoms with Gasteiger partial charge in [-0.15, -0.1) is 0 Å². The van der Waals surface area contributed by atoms with E-state index in [1.54, 1.807) is 24.3 Å². The average molecular weight is 371 g/mol. The van der Waals surface area contributed by atoms with Crippen molar-refractivity contribution in [3.05, 3.63) is 64.7 Å². The second kappa shape index (κ2) is 7.78. The van der Waals surface area contributed by atoms with Crippen molar-refractivity contribution in [2.45, 2.75) is 13.0 Å². The number of carbonyl (C=O) groups is 1. The van der Waals surface area contributed by atoms with Crippen LogP contribution in [0.1, 0.15) is 22.3 Å². The summed E-state index contributed by atoms with van der Waals surface area (Å²) in [6.45, 7) is 5.00.